The molecule has 0 unspecified atom stereocenters. The van der Waals surface area contributed by atoms with Crippen molar-refractivity contribution in [2.75, 3.05) is 18.5 Å². The van der Waals surface area contributed by atoms with Crippen molar-refractivity contribution in [3.63, 3.8) is 0 Å². The van der Waals surface area contributed by atoms with Gasteiger partial charge in [-0.2, -0.15) is 0 Å². The first-order chi connectivity index (χ1) is 10.1. The highest BCUT2D eigenvalue weighted by Gasteiger charge is 2.15. The summed E-state index contributed by atoms with van der Waals surface area (Å²) < 4.78 is 13.1. The van der Waals surface area contributed by atoms with E-state index in [1.54, 1.807) is 0 Å². The maximum atomic E-state index is 6.03. The lowest BCUT2D eigenvalue weighted by Gasteiger charge is -2.20. The molecule has 3 rings (SSSR count). The van der Waals surface area contributed by atoms with Crippen LogP contribution in [0.4, 0.5) is 5.69 Å². The van der Waals surface area contributed by atoms with Crippen molar-refractivity contribution in [3.05, 3.63) is 49.9 Å². The monoisotopic (exact) mass is 431 g/mol. The van der Waals surface area contributed by atoms with Crippen molar-refractivity contribution in [3.8, 4) is 11.5 Å². The molecule has 0 spiro atoms. The zero-order valence-corrected chi connectivity index (χ0v) is 14.9. The van der Waals surface area contributed by atoms with Crippen LogP contribution in [0.2, 0.25) is 5.02 Å². The van der Waals surface area contributed by atoms with E-state index in [2.05, 4.69) is 37.2 Å². The molecule has 2 aromatic rings. The van der Waals surface area contributed by atoms with Crippen LogP contribution in [-0.4, -0.2) is 13.2 Å². The first kappa shape index (κ1) is 15.0. The normalized spacial score (nSPS) is 13.1. The van der Waals surface area contributed by atoms with Crippen LogP contribution in [0.3, 0.4) is 0 Å². The van der Waals surface area contributed by atoms with Gasteiger partial charge in [0.15, 0.2) is 11.5 Å². The van der Waals surface area contributed by atoms with Gasteiger partial charge in [0.1, 0.15) is 13.2 Å². The molecule has 1 N–H and O–H groups in total. The summed E-state index contributed by atoms with van der Waals surface area (Å²) in [5.41, 5.74) is 2.04. The Morgan fingerprint density at radius 1 is 1.00 bits per heavy atom. The van der Waals surface area contributed by atoms with Crippen LogP contribution < -0.4 is 14.8 Å². The fraction of sp³-hybridized carbons (Fsp3) is 0.200. The van der Waals surface area contributed by atoms with E-state index in [4.69, 9.17) is 21.1 Å². The number of anilines is 1. The van der Waals surface area contributed by atoms with E-state index in [1.807, 2.05) is 30.3 Å². The van der Waals surface area contributed by atoms with Crippen molar-refractivity contribution in [2.45, 2.75) is 6.54 Å². The average Bonchev–Trinajstić information content (AvgIpc) is 2.48. The molecule has 110 valence electrons. The van der Waals surface area contributed by atoms with E-state index in [1.165, 1.54) is 0 Å². The molecule has 0 fully saturated rings. The molecule has 0 atom stereocenters. The van der Waals surface area contributed by atoms with Crippen LogP contribution in [-0.2, 0) is 6.54 Å². The van der Waals surface area contributed by atoms with Gasteiger partial charge in [-0.05, 0) is 39.7 Å². The van der Waals surface area contributed by atoms with E-state index < -0.39 is 0 Å². The number of benzene rings is 2. The third-order valence-electron chi connectivity index (χ3n) is 3.11. The molecule has 0 aliphatic carbocycles. The zero-order chi connectivity index (χ0) is 14.8. The second kappa shape index (κ2) is 6.46. The summed E-state index contributed by atoms with van der Waals surface area (Å²) in [5, 5.41) is 4.10. The predicted molar refractivity (Wildman–Crippen MR) is 91.6 cm³/mol. The summed E-state index contributed by atoms with van der Waals surface area (Å²) in [7, 11) is 0. The van der Waals surface area contributed by atoms with E-state index >= 15 is 0 Å². The first-order valence-electron chi connectivity index (χ1n) is 6.40. The minimum atomic E-state index is 0.577. The van der Waals surface area contributed by atoms with Crippen LogP contribution in [0.5, 0.6) is 11.5 Å². The number of hydrogen-bond acceptors (Lipinski definition) is 3. The zero-order valence-electron chi connectivity index (χ0n) is 11.0. The molecule has 1 aliphatic rings. The number of halogens is 3. The maximum absolute atomic E-state index is 6.03. The number of ether oxygens (including phenoxy) is 2. The molecule has 0 aromatic heterocycles. The van der Waals surface area contributed by atoms with Crippen LogP contribution in [0.15, 0.2) is 39.3 Å². The van der Waals surface area contributed by atoms with Gasteiger partial charge in [0.25, 0.3) is 0 Å². The van der Waals surface area contributed by atoms with Crippen molar-refractivity contribution in [2.24, 2.45) is 0 Å². The molecule has 6 heteroatoms. The smallest absolute Gasteiger partial charge is 0.163 e. The summed E-state index contributed by atoms with van der Waals surface area (Å²) in [6.07, 6.45) is 0. The molecule has 2 aromatic carbocycles. The number of fused-ring (bicyclic) bond motifs is 1. The molecule has 1 aliphatic heterocycles. The van der Waals surface area contributed by atoms with E-state index in [-0.39, 0.29) is 0 Å². The largest absolute Gasteiger partial charge is 0.486 e. The van der Waals surface area contributed by atoms with Gasteiger partial charge >= 0.3 is 0 Å². The fourth-order valence-electron chi connectivity index (χ4n) is 2.07. The van der Waals surface area contributed by atoms with Crippen molar-refractivity contribution < 1.29 is 9.47 Å². The molecule has 1 heterocycles. The molecule has 0 amide bonds. The summed E-state index contributed by atoms with van der Waals surface area (Å²) in [6, 6.07) is 9.60. The minimum absolute atomic E-state index is 0.577. The summed E-state index contributed by atoms with van der Waals surface area (Å²) in [5.74, 6) is 1.53. The quantitative estimate of drug-likeness (QED) is 0.717. The number of rotatable bonds is 3. The molecule has 0 saturated carbocycles. The van der Waals surface area contributed by atoms with Gasteiger partial charge in [0.05, 0.1) is 5.69 Å². The topological polar surface area (TPSA) is 30.5 Å². The number of nitrogens with one attached hydrogen (secondary N) is 1. The van der Waals surface area contributed by atoms with Gasteiger partial charge in [0, 0.05) is 32.6 Å². The molecular formula is C15H12Br2ClNO2. The highest BCUT2D eigenvalue weighted by Crippen LogP contribution is 2.38. The second-order valence-corrected chi connectivity index (χ2v) is 6.71. The van der Waals surface area contributed by atoms with Gasteiger partial charge < -0.3 is 14.8 Å². The Balaban J connectivity index is 1.80. The Morgan fingerprint density at radius 2 is 1.71 bits per heavy atom. The van der Waals surface area contributed by atoms with Gasteiger partial charge in [-0.15, -0.1) is 0 Å². The summed E-state index contributed by atoms with van der Waals surface area (Å²) in [6.45, 7) is 1.81. The third-order valence-corrected chi connectivity index (χ3v) is 4.77. The maximum Gasteiger partial charge on any atom is 0.163 e. The minimum Gasteiger partial charge on any atom is -0.486 e. The average molecular weight is 434 g/mol. The van der Waals surface area contributed by atoms with E-state index in [0.717, 1.165) is 36.7 Å². The predicted octanol–water partition coefficient (Wildman–Crippen LogP) is 5.25. The van der Waals surface area contributed by atoms with Crippen LogP contribution >= 0.6 is 43.5 Å². The van der Waals surface area contributed by atoms with Crippen LogP contribution in [0.1, 0.15) is 5.56 Å². The van der Waals surface area contributed by atoms with Crippen molar-refractivity contribution in [1.29, 1.82) is 0 Å². The second-order valence-electron chi connectivity index (χ2n) is 4.56. The Hall–Kier alpha value is -0.910. The first-order valence-corrected chi connectivity index (χ1v) is 8.37. The standard InChI is InChI=1S/C15H12Br2ClNO2/c16-11-2-1-10(18)5-9(11)8-19-13-7-15-14(6-12(13)17)20-3-4-21-15/h1-2,5-7,19H,3-4,8H2. The van der Waals surface area contributed by atoms with Crippen LogP contribution in [0.25, 0.3) is 0 Å². The Bertz CT molecular complexity index is 679. The molecule has 0 bridgehead atoms. The SMILES string of the molecule is Clc1ccc(Br)c(CNc2cc3c(cc2Br)OCCO3)c1. The highest BCUT2D eigenvalue weighted by atomic mass is 79.9. The van der Waals surface area contributed by atoms with Crippen molar-refractivity contribution in [1.82, 2.24) is 0 Å². The Kier molecular flexibility index (Phi) is 4.62. The molecule has 0 saturated heterocycles. The molecular weight excluding hydrogens is 421 g/mol. The Labute approximate surface area is 144 Å². The lowest BCUT2D eigenvalue weighted by Crippen LogP contribution is -2.15. The highest BCUT2D eigenvalue weighted by molar-refractivity contribution is 9.11. The van der Waals surface area contributed by atoms with E-state index in [0.29, 0.717) is 19.8 Å². The van der Waals surface area contributed by atoms with Crippen LogP contribution in [0, 0.1) is 0 Å². The summed E-state index contributed by atoms with van der Waals surface area (Å²) in [4.78, 5) is 0. The third kappa shape index (κ3) is 3.47. The lowest BCUT2D eigenvalue weighted by atomic mass is 10.2. The molecule has 3 nitrogen and oxygen atoms in total. The Morgan fingerprint density at radius 3 is 2.48 bits per heavy atom. The van der Waals surface area contributed by atoms with E-state index in [9.17, 15) is 0 Å². The molecule has 21 heavy (non-hydrogen) atoms. The van der Waals surface area contributed by atoms with Crippen molar-refractivity contribution >= 4 is 49.1 Å². The van der Waals surface area contributed by atoms with Gasteiger partial charge in [-0.3, -0.25) is 0 Å². The fourth-order valence-corrected chi connectivity index (χ4v) is 3.11. The number of hydrogen-bond donors (Lipinski definition) is 1. The summed E-state index contributed by atoms with van der Waals surface area (Å²) >= 11 is 13.1. The van der Waals surface area contributed by atoms with Gasteiger partial charge in [-0.25, -0.2) is 0 Å². The van der Waals surface area contributed by atoms with Gasteiger partial charge in [-0.1, -0.05) is 27.5 Å². The lowest BCUT2D eigenvalue weighted by molar-refractivity contribution is 0.171. The van der Waals surface area contributed by atoms with Gasteiger partial charge in [0.2, 0.25) is 0 Å². The molecule has 0 radical (unpaired) electrons.